The number of amides is 1. The number of nitrogens with one attached hydrogen (secondary N) is 1. The predicted octanol–water partition coefficient (Wildman–Crippen LogP) is 0.572. The van der Waals surface area contributed by atoms with Crippen molar-refractivity contribution in [2.75, 3.05) is 39.4 Å². The summed E-state index contributed by atoms with van der Waals surface area (Å²) >= 11 is 0. The van der Waals surface area contributed by atoms with Crippen LogP contribution in [0, 0.1) is 23.7 Å². The van der Waals surface area contributed by atoms with E-state index < -0.39 is 11.9 Å². The third kappa shape index (κ3) is 3.27. The summed E-state index contributed by atoms with van der Waals surface area (Å²) in [5, 5.41) is 12.4. The standard InChI is InChI=1S/C16H26N2O4/c19-15(17-4-1-5-18-6-8-22-9-7-18)13-11-2-3-12(10-11)14(13)16(20)21/h11-14H,1-10H2,(H,17,19)(H,20,21)/t11-,12-,13-,14-/m0/s1. The van der Waals surface area contributed by atoms with Gasteiger partial charge >= 0.3 is 5.97 Å². The fourth-order valence-electron chi connectivity index (χ4n) is 4.48. The van der Waals surface area contributed by atoms with Crippen molar-refractivity contribution in [2.45, 2.75) is 25.7 Å². The lowest BCUT2D eigenvalue weighted by Crippen LogP contribution is -2.42. The Morgan fingerprint density at radius 2 is 1.82 bits per heavy atom. The van der Waals surface area contributed by atoms with Gasteiger partial charge in [0.1, 0.15) is 0 Å². The van der Waals surface area contributed by atoms with Gasteiger partial charge in [-0.15, -0.1) is 0 Å². The minimum Gasteiger partial charge on any atom is -0.481 e. The summed E-state index contributed by atoms with van der Waals surface area (Å²) in [6.07, 6.45) is 3.82. The van der Waals surface area contributed by atoms with Gasteiger partial charge in [0, 0.05) is 19.6 Å². The van der Waals surface area contributed by atoms with Crippen molar-refractivity contribution in [3.05, 3.63) is 0 Å². The molecule has 0 aromatic carbocycles. The molecule has 2 saturated carbocycles. The van der Waals surface area contributed by atoms with Gasteiger partial charge in [-0.1, -0.05) is 0 Å². The van der Waals surface area contributed by atoms with Gasteiger partial charge in [0.05, 0.1) is 25.0 Å². The van der Waals surface area contributed by atoms with Crippen LogP contribution in [0.2, 0.25) is 0 Å². The summed E-state index contributed by atoms with van der Waals surface area (Å²) in [6, 6.07) is 0. The highest BCUT2D eigenvalue weighted by Gasteiger charge is 2.53. The van der Waals surface area contributed by atoms with Crippen LogP contribution in [-0.4, -0.2) is 61.3 Å². The molecule has 1 saturated heterocycles. The third-order valence-electron chi connectivity index (χ3n) is 5.56. The van der Waals surface area contributed by atoms with Gasteiger partial charge in [0.15, 0.2) is 0 Å². The van der Waals surface area contributed by atoms with Crippen molar-refractivity contribution < 1.29 is 19.4 Å². The first-order valence-electron chi connectivity index (χ1n) is 8.47. The number of morpholine rings is 1. The third-order valence-corrected chi connectivity index (χ3v) is 5.56. The van der Waals surface area contributed by atoms with E-state index in [0.717, 1.165) is 58.5 Å². The molecule has 1 aliphatic heterocycles. The number of aliphatic carboxylic acids is 1. The number of rotatable bonds is 6. The zero-order chi connectivity index (χ0) is 15.5. The van der Waals surface area contributed by atoms with Gasteiger partial charge in [0.2, 0.25) is 5.91 Å². The summed E-state index contributed by atoms with van der Waals surface area (Å²) in [6.45, 7) is 5.09. The molecule has 3 fully saturated rings. The second-order valence-corrected chi connectivity index (χ2v) is 6.82. The lowest BCUT2D eigenvalue weighted by molar-refractivity contribution is -0.149. The average Bonchev–Trinajstić information content (AvgIpc) is 3.13. The lowest BCUT2D eigenvalue weighted by atomic mass is 9.78. The molecule has 22 heavy (non-hydrogen) atoms. The predicted molar refractivity (Wildman–Crippen MR) is 80.3 cm³/mol. The second kappa shape index (κ2) is 6.96. The molecule has 1 heterocycles. The van der Waals surface area contributed by atoms with Gasteiger partial charge in [0.25, 0.3) is 0 Å². The summed E-state index contributed by atoms with van der Waals surface area (Å²) in [5.74, 6) is -1.10. The van der Waals surface area contributed by atoms with Crippen LogP contribution in [0.4, 0.5) is 0 Å². The molecule has 2 aliphatic carbocycles. The van der Waals surface area contributed by atoms with Crippen molar-refractivity contribution in [3.8, 4) is 0 Å². The molecule has 0 aromatic rings. The van der Waals surface area contributed by atoms with Crippen LogP contribution in [0.15, 0.2) is 0 Å². The van der Waals surface area contributed by atoms with Crippen molar-refractivity contribution in [3.63, 3.8) is 0 Å². The van der Waals surface area contributed by atoms with Gasteiger partial charge in [-0.3, -0.25) is 14.5 Å². The van der Waals surface area contributed by atoms with Crippen LogP contribution in [0.5, 0.6) is 0 Å². The molecular formula is C16H26N2O4. The van der Waals surface area contributed by atoms with Crippen LogP contribution >= 0.6 is 0 Å². The Bertz CT molecular complexity index is 422. The number of ether oxygens (including phenoxy) is 1. The summed E-state index contributed by atoms with van der Waals surface area (Å²) in [5.41, 5.74) is 0. The van der Waals surface area contributed by atoms with Crippen LogP contribution in [0.3, 0.4) is 0 Å². The number of carbonyl (C=O) groups is 2. The van der Waals surface area contributed by atoms with E-state index in [2.05, 4.69) is 10.2 Å². The topological polar surface area (TPSA) is 78.9 Å². The van der Waals surface area contributed by atoms with Crippen LogP contribution < -0.4 is 5.32 Å². The summed E-state index contributed by atoms with van der Waals surface area (Å²) < 4.78 is 5.31. The highest BCUT2D eigenvalue weighted by Crippen LogP contribution is 2.52. The molecule has 0 radical (unpaired) electrons. The summed E-state index contributed by atoms with van der Waals surface area (Å²) in [4.78, 5) is 26.2. The number of carboxylic acids is 1. The van der Waals surface area contributed by atoms with E-state index in [0.29, 0.717) is 6.54 Å². The number of hydrogen-bond acceptors (Lipinski definition) is 4. The van der Waals surface area contributed by atoms with E-state index in [1.54, 1.807) is 0 Å². The fourth-order valence-corrected chi connectivity index (χ4v) is 4.48. The Kier molecular flexibility index (Phi) is 4.98. The Hall–Kier alpha value is -1.14. The minimum absolute atomic E-state index is 0.0402. The smallest absolute Gasteiger partial charge is 0.307 e. The first kappa shape index (κ1) is 15.7. The molecule has 124 valence electrons. The van der Waals surface area contributed by atoms with Crippen molar-refractivity contribution >= 4 is 11.9 Å². The molecular weight excluding hydrogens is 284 g/mol. The van der Waals surface area contributed by atoms with E-state index in [4.69, 9.17) is 4.74 Å². The zero-order valence-electron chi connectivity index (χ0n) is 13.0. The first-order valence-corrected chi connectivity index (χ1v) is 8.47. The average molecular weight is 310 g/mol. The van der Waals surface area contributed by atoms with Crippen LogP contribution in [-0.2, 0) is 14.3 Å². The van der Waals surface area contributed by atoms with Gasteiger partial charge < -0.3 is 15.2 Å². The normalized spacial score (nSPS) is 34.7. The zero-order valence-corrected chi connectivity index (χ0v) is 13.0. The van der Waals surface area contributed by atoms with E-state index >= 15 is 0 Å². The van der Waals surface area contributed by atoms with Gasteiger partial charge in [-0.05, 0) is 44.1 Å². The molecule has 6 heteroatoms. The Labute approximate surface area is 131 Å². The largest absolute Gasteiger partial charge is 0.481 e. The quantitative estimate of drug-likeness (QED) is 0.701. The SMILES string of the molecule is O=C(O)[C@H]1[C@H]2CC[C@@H](C2)[C@@H]1C(=O)NCCCN1CCOCC1. The Morgan fingerprint density at radius 1 is 1.14 bits per heavy atom. The fraction of sp³-hybridized carbons (Fsp3) is 0.875. The summed E-state index contributed by atoms with van der Waals surface area (Å²) in [7, 11) is 0. The highest BCUT2D eigenvalue weighted by atomic mass is 16.5. The Balaban J connectivity index is 1.42. The number of fused-ring (bicyclic) bond motifs is 2. The maximum atomic E-state index is 12.4. The first-order chi connectivity index (χ1) is 10.7. The molecule has 0 unspecified atom stereocenters. The van der Waals surface area contributed by atoms with E-state index in [9.17, 15) is 14.7 Å². The number of nitrogens with zero attached hydrogens (tertiary/aromatic N) is 1. The number of carbonyl (C=O) groups excluding carboxylic acids is 1. The maximum Gasteiger partial charge on any atom is 0.307 e. The highest BCUT2D eigenvalue weighted by molar-refractivity contribution is 5.86. The molecule has 3 aliphatic rings. The molecule has 2 N–H and O–H groups in total. The van der Waals surface area contributed by atoms with E-state index in [1.807, 2.05) is 0 Å². The second-order valence-electron chi connectivity index (χ2n) is 6.82. The molecule has 0 spiro atoms. The lowest BCUT2D eigenvalue weighted by Gasteiger charge is -2.28. The Morgan fingerprint density at radius 3 is 2.50 bits per heavy atom. The van der Waals surface area contributed by atoms with Crippen LogP contribution in [0.1, 0.15) is 25.7 Å². The van der Waals surface area contributed by atoms with Crippen LogP contribution in [0.25, 0.3) is 0 Å². The van der Waals surface area contributed by atoms with Gasteiger partial charge in [-0.25, -0.2) is 0 Å². The maximum absolute atomic E-state index is 12.4. The van der Waals surface area contributed by atoms with E-state index in [1.165, 1.54) is 0 Å². The molecule has 0 aromatic heterocycles. The number of carboxylic acid groups (broad SMARTS) is 1. The van der Waals surface area contributed by atoms with Crippen molar-refractivity contribution in [1.29, 1.82) is 0 Å². The molecule has 1 amide bonds. The number of hydrogen-bond donors (Lipinski definition) is 2. The molecule has 2 bridgehead atoms. The molecule has 6 nitrogen and oxygen atoms in total. The minimum atomic E-state index is -0.791. The monoisotopic (exact) mass is 310 g/mol. The molecule has 3 rings (SSSR count). The van der Waals surface area contributed by atoms with Gasteiger partial charge in [-0.2, -0.15) is 0 Å². The van der Waals surface area contributed by atoms with Crippen molar-refractivity contribution in [1.82, 2.24) is 10.2 Å². The van der Waals surface area contributed by atoms with E-state index in [-0.39, 0.29) is 23.7 Å². The van der Waals surface area contributed by atoms with Crippen molar-refractivity contribution in [2.24, 2.45) is 23.7 Å². The molecule has 4 atom stereocenters.